The molecule has 1 N–H and O–H groups in total. The minimum absolute atomic E-state index is 0.328. The lowest BCUT2D eigenvalue weighted by atomic mass is 10.3. The van der Waals surface area contributed by atoms with E-state index in [-0.39, 0.29) is 12.2 Å². The second-order valence-electron chi connectivity index (χ2n) is 1.91. The van der Waals surface area contributed by atoms with Crippen molar-refractivity contribution in [2.75, 3.05) is 14.2 Å². The minimum atomic E-state index is -0.712. The van der Waals surface area contributed by atoms with Gasteiger partial charge in [0, 0.05) is 0 Å². The Morgan fingerprint density at radius 2 is 1.92 bits per heavy atom. The molecule has 12 heavy (non-hydrogen) atoms. The lowest BCUT2D eigenvalue weighted by Gasteiger charge is -1.97. The molecule has 5 nitrogen and oxygen atoms in total. The van der Waals surface area contributed by atoms with Gasteiger partial charge in [-0.3, -0.25) is 4.79 Å². The van der Waals surface area contributed by atoms with Gasteiger partial charge in [-0.05, 0) is 0 Å². The first-order chi connectivity index (χ1) is 5.60. The third-order valence-corrected chi connectivity index (χ3v) is 1.04. The highest BCUT2D eigenvalue weighted by atomic mass is 16.5. The van der Waals surface area contributed by atoms with Crippen molar-refractivity contribution in [1.82, 2.24) is 0 Å². The number of hydrogen-bond acceptors (Lipinski definition) is 5. The summed E-state index contributed by atoms with van der Waals surface area (Å²) in [6.45, 7) is 0. The average Bonchev–Trinajstić information content (AvgIpc) is 2.03. The fraction of sp³-hybridized carbons (Fsp3) is 0.429. The Bertz CT molecular complexity index is 206. The molecule has 0 rings (SSSR count). The van der Waals surface area contributed by atoms with Crippen molar-refractivity contribution in [2.45, 2.75) is 6.42 Å². The Hall–Kier alpha value is -1.52. The Kier molecular flexibility index (Phi) is 4.52. The molecule has 0 atom stereocenters. The summed E-state index contributed by atoms with van der Waals surface area (Å²) in [4.78, 5) is 21.0. The van der Waals surface area contributed by atoms with Crippen LogP contribution >= 0.6 is 0 Å². The monoisotopic (exact) mass is 174 g/mol. The number of esters is 2. The molecule has 0 bridgehead atoms. The van der Waals surface area contributed by atoms with Gasteiger partial charge in [0.1, 0.15) is 12.2 Å². The maximum atomic E-state index is 10.5. The van der Waals surface area contributed by atoms with Gasteiger partial charge < -0.3 is 14.6 Å². The van der Waals surface area contributed by atoms with E-state index in [0.29, 0.717) is 0 Å². The van der Waals surface area contributed by atoms with Crippen molar-refractivity contribution in [2.24, 2.45) is 0 Å². The highest BCUT2D eigenvalue weighted by molar-refractivity contribution is 5.83. The molecule has 0 aromatic rings. The van der Waals surface area contributed by atoms with E-state index in [1.54, 1.807) is 0 Å². The lowest BCUT2D eigenvalue weighted by Crippen LogP contribution is -2.04. The van der Waals surface area contributed by atoms with Gasteiger partial charge in [0.05, 0.1) is 20.3 Å². The van der Waals surface area contributed by atoms with Gasteiger partial charge in [0.25, 0.3) is 0 Å². The molecule has 68 valence electrons. The van der Waals surface area contributed by atoms with E-state index >= 15 is 0 Å². The highest BCUT2D eigenvalue weighted by Crippen LogP contribution is 1.97. The number of methoxy groups -OCH3 is 2. The predicted octanol–water partition coefficient (Wildman–Crippen LogP) is 0.164. The second kappa shape index (κ2) is 5.17. The maximum Gasteiger partial charge on any atom is 0.333 e. The molecule has 5 heteroatoms. The molecule has 0 aromatic carbocycles. The van der Waals surface area contributed by atoms with Crippen LogP contribution < -0.4 is 0 Å². The Labute approximate surface area is 69.6 Å². The van der Waals surface area contributed by atoms with Crippen molar-refractivity contribution in [3.8, 4) is 0 Å². The summed E-state index contributed by atoms with van der Waals surface area (Å²) >= 11 is 0. The second-order valence-corrected chi connectivity index (χ2v) is 1.91. The van der Waals surface area contributed by atoms with E-state index < -0.39 is 11.9 Å². The van der Waals surface area contributed by atoms with Gasteiger partial charge in [-0.25, -0.2) is 4.79 Å². The van der Waals surface area contributed by atoms with Gasteiger partial charge in [0.2, 0.25) is 0 Å². The van der Waals surface area contributed by atoms with E-state index in [4.69, 9.17) is 5.11 Å². The van der Waals surface area contributed by atoms with Gasteiger partial charge in [-0.15, -0.1) is 0 Å². The van der Waals surface area contributed by atoms with Crippen molar-refractivity contribution in [3.05, 3.63) is 11.8 Å². The van der Waals surface area contributed by atoms with Crippen molar-refractivity contribution < 1.29 is 24.2 Å². The van der Waals surface area contributed by atoms with Crippen LogP contribution in [0.5, 0.6) is 0 Å². The van der Waals surface area contributed by atoms with Crippen LogP contribution in [0.4, 0.5) is 0 Å². The van der Waals surface area contributed by atoms with Crippen molar-refractivity contribution in [1.29, 1.82) is 0 Å². The summed E-state index contributed by atoms with van der Waals surface area (Å²) in [7, 11) is 2.36. The van der Waals surface area contributed by atoms with Gasteiger partial charge in [-0.2, -0.15) is 0 Å². The van der Waals surface area contributed by atoms with Crippen LogP contribution in [0.2, 0.25) is 0 Å². The van der Waals surface area contributed by atoms with Gasteiger partial charge in [0.15, 0.2) is 0 Å². The first-order valence-electron chi connectivity index (χ1n) is 3.14. The summed E-state index contributed by atoms with van der Waals surface area (Å²) in [5.74, 6) is -1.71. The van der Waals surface area contributed by atoms with E-state index in [0.717, 1.165) is 6.08 Å². The number of carbonyl (C=O) groups is 2. The largest absolute Gasteiger partial charge is 0.511 e. The first kappa shape index (κ1) is 10.5. The number of ether oxygens (including phenoxy) is 2. The van der Waals surface area contributed by atoms with Crippen LogP contribution in [0.15, 0.2) is 11.8 Å². The van der Waals surface area contributed by atoms with Crippen LogP contribution in [0.25, 0.3) is 0 Å². The fourth-order valence-electron chi connectivity index (χ4n) is 0.466. The van der Waals surface area contributed by atoms with Gasteiger partial charge >= 0.3 is 11.9 Å². The molecule has 0 fully saturated rings. The highest BCUT2D eigenvalue weighted by Gasteiger charge is 2.05. The summed E-state index contributed by atoms with van der Waals surface area (Å²) < 4.78 is 8.45. The van der Waals surface area contributed by atoms with Crippen molar-refractivity contribution >= 4 is 11.9 Å². The number of rotatable bonds is 3. The van der Waals surface area contributed by atoms with Crippen LogP contribution in [0.3, 0.4) is 0 Å². The Morgan fingerprint density at radius 3 is 2.33 bits per heavy atom. The minimum Gasteiger partial charge on any atom is -0.511 e. The molecule has 0 saturated heterocycles. The standard InChI is InChI=1S/C7H10O5/c1-11-6(9)3-5(8)4-7(10)12-2/h3,8H,4H2,1-2H3/b5-3+. The zero-order valence-corrected chi connectivity index (χ0v) is 6.86. The third kappa shape index (κ3) is 4.32. The zero-order chi connectivity index (χ0) is 9.56. The van der Waals surface area contributed by atoms with E-state index in [9.17, 15) is 9.59 Å². The van der Waals surface area contributed by atoms with E-state index in [1.807, 2.05) is 0 Å². The number of carbonyl (C=O) groups excluding carboxylic acids is 2. The van der Waals surface area contributed by atoms with E-state index in [2.05, 4.69) is 9.47 Å². The molecule has 0 aliphatic carbocycles. The number of aliphatic hydroxyl groups is 1. The SMILES string of the molecule is COC(=O)/C=C(/O)CC(=O)OC. The lowest BCUT2D eigenvalue weighted by molar-refractivity contribution is -0.140. The van der Waals surface area contributed by atoms with Gasteiger partial charge in [-0.1, -0.05) is 0 Å². The number of hydrogen-bond donors (Lipinski definition) is 1. The molecule has 0 aliphatic heterocycles. The molecule has 0 amide bonds. The fourth-order valence-corrected chi connectivity index (χ4v) is 0.466. The molecule has 0 aromatic heterocycles. The molecule has 0 unspecified atom stereocenters. The Balaban J connectivity index is 4.02. The summed E-state index contributed by atoms with van der Waals surface area (Å²) in [6.07, 6.45) is 0.489. The summed E-state index contributed by atoms with van der Waals surface area (Å²) in [5.41, 5.74) is 0. The number of aliphatic hydroxyl groups excluding tert-OH is 1. The van der Waals surface area contributed by atoms with Crippen LogP contribution in [0.1, 0.15) is 6.42 Å². The van der Waals surface area contributed by atoms with Crippen LogP contribution in [-0.4, -0.2) is 31.3 Å². The molecular weight excluding hydrogens is 164 g/mol. The normalized spacial score (nSPS) is 10.7. The summed E-state index contributed by atoms with van der Waals surface area (Å²) in [5, 5.41) is 8.91. The Morgan fingerprint density at radius 1 is 1.33 bits per heavy atom. The zero-order valence-electron chi connectivity index (χ0n) is 6.86. The smallest absolute Gasteiger partial charge is 0.333 e. The average molecular weight is 174 g/mol. The molecular formula is C7H10O5. The molecule has 0 saturated carbocycles. The van der Waals surface area contributed by atoms with Crippen molar-refractivity contribution in [3.63, 3.8) is 0 Å². The predicted molar refractivity (Wildman–Crippen MR) is 39.4 cm³/mol. The molecule has 0 radical (unpaired) electrons. The van der Waals surface area contributed by atoms with Crippen LogP contribution in [-0.2, 0) is 19.1 Å². The first-order valence-corrected chi connectivity index (χ1v) is 3.14. The quantitative estimate of drug-likeness (QED) is 0.375. The molecule has 0 aliphatic rings. The third-order valence-electron chi connectivity index (χ3n) is 1.04. The molecule has 0 spiro atoms. The molecule has 0 heterocycles. The maximum absolute atomic E-state index is 10.5. The van der Waals surface area contributed by atoms with E-state index in [1.165, 1.54) is 14.2 Å². The van der Waals surface area contributed by atoms with Crippen LogP contribution in [0, 0.1) is 0 Å². The topological polar surface area (TPSA) is 72.8 Å². The summed E-state index contributed by atoms with van der Waals surface area (Å²) in [6, 6.07) is 0.